The molecule has 0 N–H and O–H groups in total. The summed E-state index contributed by atoms with van der Waals surface area (Å²) in [5.41, 5.74) is 0.548. The van der Waals surface area contributed by atoms with Crippen LogP contribution >= 0.6 is 11.3 Å². The zero-order valence-electron chi connectivity index (χ0n) is 24.4. The Balaban J connectivity index is 1.45. The number of amides is 1. The maximum atomic E-state index is 14.7. The summed E-state index contributed by atoms with van der Waals surface area (Å²) in [5.74, 6) is 0.397. The Hall–Kier alpha value is -3.10. The van der Waals surface area contributed by atoms with Gasteiger partial charge in [-0.1, -0.05) is 18.2 Å². The molecule has 1 atom stereocenters. The molecule has 0 saturated carbocycles. The van der Waals surface area contributed by atoms with Crippen molar-refractivity contribution in [2.24, 2.45) is 5.41 Å². The van der Waals surface area contributed by atoms with Crippen molar-refractivity contribution in [2.75, 3.05) is 51.1 Å². The van der Waals surface area contributed by atoms with Gasteiger partial charge in [-0.05, 0) is 44.2 Å². The molecule has 11 nitrogen and oxygen atoms in total. The first-order valence-electron chi connectivity index (χ1n) is 14.4. The number of nitrogens with zero attached hydrogens (tertiary/aromatic N) is 3. The molecule has 13 heteroatoms. The van der Waals surface area contributed by atoms with Crippen LogP contribution in [0.5, 0.6) is 5.75 Å². The topological polar surface area (TPSA) is 128 Å². The number of thiophene rings is 1. The Labute approximate surface area is 254 Å². The smallest absolute Gasteiger partial charge is 0.241 e. The Bertz CT molecular complexity index is 1600. The van der Waals surface area contributed by atoms with E-state index in [1.165, 1.54) is 21.9 Å². The SMILES string of the molecule is COc1ccccc1C(CN1C(=O)C2(CCN(S(C)(=O)=O)CC2)C(=O)c2c1sc(-c1ncco1)c2C)OC1CCOCC1. The molecule has 43 heavy (non-hydrogen) atoms. The number of ketones is 1. The van der Waals surface area contributed by atoms with E-state index in [1.807, 2.05) is 31.2 Å². The van der Waals surface area contributed by atoms with Gasteiger partial charge in [0, 0.05) is 31.9 Å². The van der Waals surface area contributed by atoms with E-state index in [0.717, 1.165) is 24.7 Å². The lowest BCUT2D eigenvalue weighted by Gasteiger charge is -2.45. The summed E-state index contributed by atoms with van der Waals surface area (Å²) >= 11 is 1.30. The van der Waals surface area contributed by atoms with Gasteiger partial charge in [0.15, 0.2) is 5.78 Å². The van der Waals surface area contributed by atoms with Crippen molar-refractivity contribution >= 4 is 38.1 Å². The number of Topliss-reactive ketones (excluding diaryl/α,β-unsaturated/α-hetero) is 1. The van der Waals surface area contributed by atoms with Gasteiger partial charge in [0.25, 0.3) is 0 Å². The first kappa shape index (κ1) is 29.9. The number of carbonyl (C=O) groups is 2. The fraction of sp³-hybridized carbons (Fsp3) is 0.500. The van der Waals surface area contributed by atoms with E-state index in [9.17, 15) is 18.0 Å². The van der Waals surface area contributed by atoms with Gasteiger partial charge < -0.3 is 18.6 Å². The fourth-order valence-electron chi connectivity index (χ4n) is 6.35. The van der Waals surface area contributed by atoms with Gasteiger partial charge >= 0.3 is 0 Å². The average molecular weight is 630 g/mol. The minimum absolute atomic E-state index is 0.0791. The third-order valence-corrected chi connectivity index (χ3v) is 11.3. The number of para-hydroxylation sites is 1. The lowest BCUT2D eigenvalue weighted by Crippen LogP contribution is -2.58. The molecule has 3 aliphatic rings. The van der Waals surface area contributed by atoms with Crippen LogP contribution in [0.4, 0.5) is 5.00 Å². The van der Waals surface area contributed by atoms with Crippen LogP contribution in [0.3, 0.4) is 0 Å². The van der Waals surface area contributed by atoms with E-state index in [0.29, 0.717) is 45.9 Å². The molecule has 1 amide bonds. The van der Waals surface area contributed by atoms with E-state index in [4.69, 9.17) is 18.6 Å². The number of carbonyl (C=O) groups excluding carboxylic acids is 2. The number of ether oxygens (including phenoxy) is 3. The van der Waals surface area contributed by atoms with E-state index in [-0.39, 0.29) is 50.3 Å². The fourth-order valence-corrected chi connectivity index (χ4v) is 8.44. The molecule has 1 unspecified atom stereocenters. The minimum atomic E-state index is -3.47. The number of piperidine rings is 1. The van der Waals surface area contributed by atoms with Crippen LogP contribution in [0, 0.1) is 12.3 Å². The Morgan fingerprint density at radius 1 is 1.16 bits per heavy atom. The third kappa shape index (κ3) is 5.42. The van der Waals surface area contributed by atoms with Crippen molar-refractivity contribution in [3.05, 3.63) is 53.4 Å². The largest absolute Gasteiger partial charge is 0.496 e. The van der Waals surface area contributed by atoms with E-state index in [1.54, 1.807) is 18.2 Å². The number of anilines is 1. The third-order valence-electron chi connectivity index (χ3n) is 8.72. The molecule has 2 fully saturated rings. The lowest BCUT2D eigenvalue weighted by molar-refractivity contribution is -0.129. The standard InChI is InChI=1S/C30H35N3O8S2/c1-19-24-26(34)30(10-13-32(14-11-30)43(3,36)37)29(35)33(28(24)42-25(19)27-31-12-17-40-27)18-23(41-20-8-15-39-16-9-20)21-6-4-5-7-22(21)38-2/h4-7,12,17,20,23H,8-11,13-16,18H2,1-3H3. The maximum Gasteiger partial charge on any atom is 0.241 e. The second-order valence-electron chi connectivity index (χ2n) is 11.2. The van der Waals surface area contributed by atoms with Crippen LogP contribution < -0.4 is 9.64 Å². The van der Waals surface area contributed by atoms with Crippen LogP contribution in [0.1, 0.15) is 53.3 Å². The lowest BCUT2D eigenvalue weighted by atomic mass is 9.69. The van der Waals surface area contributed by atoms with Crippen LogP contribution in [0.25, 0.3) is 10.8 Å². The predicted molar refractivity (Wildman–Crippen MR) is 160 cm³/mol. The van der Waals surface area contributed by atoms with Crippen LogP contribution in [0.2, 0.25) is 0 Å². The molecule has 2 aromatic heterocycles. The van der Waals surface area contributed by atoms with Crippen molar-refractivity contribution in [2.45, 2.75) is 44.8 Å². The number of sulfonamides is 1. The molecular formula is C30H35N3O8S2. The van der Waals surface area contributed by atoms with Gasteiger partial charge in [0.05, 0.1) is 42.7 Å². The molecule has 3 aromatic rings. The summed E-state index contributed by atoms with van der Waals surface area (Å²) in [6, 6.07) is 7.58. The highest BCUT2D eigenvalue weighted by Gasteiger charge is 2.56. The minimum Gasteiger partial charge on any atom is -0.496 e. The van der Waals surface area contributed by atoms with Crippen molar-refractivity contribution in [3.63, 3.8) is 0 Å². The first-order valence-corrected chi connectivity index (χ1v) is 17.0. The first-order chi connectivity index (χ1) is 20.6. The number of aromatic nitrogens is 1. The molecule has 0 aliphatic carbocycles. The molecule has 6 rings (SSSR count). The molecular weight excluding hydrogens is 594 g/mol. The zero-order chi connectivity index (χ0) is 30.4. The quantitative estimate of drug-likeness (QED) is 0.336. The maximum absolute atomic E-state index is 14.7. The van der Waals surface area contributed by atoms with Crippen molar-refractivity contribution in [1.82, 2.24) is 9.29 Å². The van der Waals surface area contributed by atoms with Crippen molar-refractivity contribution in [1.29, 1.82) is 0 Å². The van der Waals surface area contributed by atoms with Gasteiger partial charge in [0.1, 0.15) is 28.5 Å². The monoisotopic (exact) mass is 629 g/mol. The van der Waals surface area contributed by atoms with Gasteiger partial charge in [0.2, 0.25) is 21.8 Å². The number of oxazole rings is 1. The van der Waals surface area contributed by atoms with E-state index < -0.39 is 21.5 Å². The van der Waals surface area contributed by atoms with Crippen LogP contribution in [0.15, 0.2) is 41.1 Å². The average Bonchev–Trinajstić information content (AvgIpc) is 3.66. The number of rotatable bonds is 8. The molecule has 1 spiro atoms. The Morgan fingerprint density at radius 2 is 1.88 bits per heavy atom. The van der Waals surface area contributed by atoms with Gasteiger partial charge in [-0.15, -0.1) is 11.3 Å². The van der Waals surface area contributed by atoms with Crippen LogP contribution in [-0.2, 0) is 24.3 Å². The Kier molecular flexibility index (Phi) is 8.20. The highest BCUT2D eigenvalue weighted by Crippen LogP contribution is 2.52. The molecule has 5 heterocycles. The summed E-state index contributed by atoms with van der Waals surface area (Å²) < 4.78 is 49.5. The number of fused-ring (bicyclic) bond motifs is 1. The molecule has 2 saturated heterocycles. The second-order valence-corrected chi connectivity index (χ2v) is 14.2. The molecule has 0 radical (unpaired) electrons. The molecule has 230 valence electrons. The summed E-state index contributed by atoms with van der Waals surface area (Å²) in [6.07, 6.45) is 5.16. The second kappa shape index (κ2) is 11.8. The van der Waals surface area contributed by atoms with Crippen LogP contribution in [-0.4, -0.2) is 81.7 Å². The van der Waals surface area contributed by atoms with Gasteiger partial charge in [-0.3, -0.25) is 14.5 Å². The van der Waals surface area contributed by atoms with E-state index >= 15 is 0 Å². The van der Waals surface area contributed by atoms with Gasteiger partial charge in [-0.25, -0.2) is 17.7 Å². The number of hydrogen-bond acceptors (Lipinski definition) is 10. The zero-order valence-corrected chi connectivity index (χ0v) is 26.0. The summed E-state index contributed by atoms with van der Waals surface area (Å²) in [7, 11) is -1.87. The number of hydrogen-bond donors (Lipinski definition) is 0. The highest BCUT2D eigenvalue weighted by molar-refractivity contribution is 7.88. The van der Waals surface area contributed by atoms with Crippen molar-refractivity contribution in [3.8, 4) is 16.5 Å². The summed E-state index contributed by atoms with van der Waals surface area (Å²) in [5, 5.41) is 0.521. The molecule has 0 bridgehead atoms. The van der Waals surface area contributed by atoms with Gasteiger partial charge in [-0.2, -0.15) is 0 Å². The molecule has 1 aromatic carbocycles. The summed E-state index contributed by atoms with van der Waals surface area (Å²) in [6.45, 7) is 3.34. The number of benzene rings is 1. The van der Waals surface area contributed by atoms with E-state index in [2.05, 4.69) is 4.98 Å². The number of methoxy groups -OCH3 is 1. The molecule has 3 aliphatic heterocycles. The Morgan fingerprint density at radius 3 is 2.53 bits per heavy atom. The predicted octanol–water partition coefficient (Wildman–Crippen LogP) is 4.23. The van der Waals surface area contributed by atoms with Crippen molar-refractivity contribution < 1.29 is 36.6 Å². The summed E-state index contributed by atoms with van der Waals surface area (Å²) in [4.78, 5) is 35.7. The normalized spacial score (nSPS) is 20.4. The highest BCUT2D eigenvalue weighted by atomic mass is 32.2.